The first kappa shape index (κ1) is 20.1. The molecule has 7 nitrogen and oxygen atoms in total. The molecule has 0 atom stereocenters. The Morgan fingerprint density at radius 2 is 1.91 bits per heavy atom. The van der Waals surface area contributed by atoms with Gasteiger partial charge in [0.05, 0.1) is 34.4 Å². The Kier molecular flexibility index (Phi) is 5.24. The summed E-state index contributed by atoms with van der Waals surface area (Å²) in [4.78, 5) is 17.8. The van der Waals surface area contributed by atoms with E-state index in [-0.39, 0.29) is 11.7 Å². The fourth-order valence-corrected chi connectivity index (χ4v) is 4.37. The summed E-state index contributed by atoms with van der Waals surface area (Å²) < 4.78 is 17.5. The van der Waals surface area contributed by atoms with Crippen LogP contribution in [0.2, 0.25) is 0 Å². The third kappa shape index (κ3) is 3.67. The van der Waals surface area contributed by atoms with Crippen molar-refractivity contribution in [1.29, 1.82) is 0 Å². The van der Waals surface area contributed by atoms with E-state index in [0.29, 0.717) is 34.9 Å². The van der Waals surface area contributed by atoms with E-state index in [0.717, 1.165) is 17.1 Å². The second-order valence-electron chi connectivity index (χ2n) is 7.23. The number of nitrogens with zero attached hydrogens (tertiary/aromatic N) is 5. The molecule has 160 valence electrons. The summed E-state index contributed by atoms with van der Waals surface area (Å²) >= 11 is 1.43. The van der Waals surface area contributed by atoms with Crippen molar-refractivity contribution in [1.82, 2.24) is 29.7 Å². The highest BCUT2D eigenvalue weighted by atomic mass is 32.1. The third-order valence-corrected chi connectivity index (χ3v) is 6.05. The Morgan fingerprint density at radius 1 is 1.12 bits per heavy atom. The van der Waals surface area contributed by atoms with Crippen LogP contribution in [0.25, 0.3) is 22.0 Å². The lowest BCUT2D eigenvalue weighted by atomic mass is 10.2. The highest BCUT2D eigenvalue weighted by molar-refractivity contribution is 7.15. The average molecular weight is 447 g/mol. The Labute approximate surface area is 187 Å². The molecule has 5 rings (SSSR count). The zero-order chi connectivity index (χ0) is 22.1. The van der Waals surface area contributed by atoms with Crippen LogP contribution < -0.4 is 5.32 Å². The number of hydrogen-bond acceptors (Lipinski definition) is 5. The SMILES string of the molecule is Cc1c(C(=O)NCCc2csc3nc(-c4ccccc4F)nn23)cnn1-c1ccccc1. The number of carbonyl (C=O) groups excluding carboxylic acids is 1. The quantitative estimate of drug-likeness (QED) is 0.427. The Bertz CT molecular complexity index is 1400. The zero-order valence-corrected chi connectivity index (χ0v) is 18.0. The number of fused-ring (bicyclic) bond motifs is 1. The molecule has 1 N–H and O–H groups in total. The van der Waals surface area contributed by atoms with Gasteiger partial charge in [-0.25, -0.2) is 13.6 Å². The summed E-state index contributed by atoms with van der Waals surface area (Å²) in [5.74, 6) is -0.183. The number of aromatic nitrogens is 5. The second-order valence-corrected chi connectivity index (χ2v) is 8.07. The monoisotopic (exact) mass is 446 g/mol. The topological polar surface area (TPSA) is 77.1 Å². The van der Waals surface area contributed by atoms with Crippen molar-refractivity contribution in [2.45, 2.75) is 13.3 Å². The van der Waals surface area contributed by atoms with Crippen LogP contribution in [0.4, 0.5) is 4.39 Å². The first-order valence-electron chi connectivity index (χ1n) is 10.1. The predicted molar refractivity (Wildman–Crippen MR) is 121 cm³/mol. The number of rotatable bonds is 6. The van der Waals surface area contributed by atoms with E-state index in [2.05, 4.69) is 20.5 Å². The number of thiazole rings is 1. The molecule has 0 aliphatic rings. The molecule has 0 aliphatic heterocycles. The van der Waals surface area contributed by atoms with Crippen LogP contribution >= 0.6 is 11.3 Å². The van der Waals surface area contributed by atoms with E-state index in [9.17, 15) is 9.18 Å². The summed E-state index contributed by atoms with van der Waals surface area (Å²) in [5.41, 5.74) is 3.48. The molecule has 9 heteroatoms. The standard InChI is InChI=1S/C23H19FN6OS/c1-15-19(13-26-29(15)16-7-3-2-4-8-16)22(31)25-12-11-17-14-32-23-27-21(28-30(17)23)18-9-5-6-10-20(18)24/h2-10,13-14H,11-12H2,1H3,(H,25,31). The molecule has 3 heterocycles. The molecule has 0 spiro atoms. The Hall–Kier alpha value is -3.85. The van der Waals surface area contributed by atoms with Gasteiger partial charge in [0.15, 0.2) is 5.82 Å². The number of halogens is 1. The van der Waals surface area contributed by atoms with Crippen molar-refractivity contribution in [2.75, 3.05) is 6.54 Å². The first-order valence-corrected chi connectivity index (χ1v) is 11.0. The maximum Gasteiger partial charge on any atom is 0.254 e. The van der Waals surface area contributed by atoms with Crippen LogP contribution in [0.5, 0.6) is 0 Å². The maximum absolute atomic E-state index is 14.1. The number of nitrogens with one attached hydrogen (secondary N) is 1. The van der Waals surface area contributed by atoms with Gasteiger partial charge in [0.2, 0.25) is 4.96 Å². The van der Waals surface area contributed by atoms with Crippen molar-refractivity contribution < 1.29 is 9.18 Å². The molecule has 0 aliphatic carbocycles. The van der Waals surface area contributed by atoms with Crippen LogP contribution in [0.15, 0.2) is 66.2 Å². The zero-order valence-electron chi connectivity index (χ0n) is 17.2. The van der Waals surface area contributed by atoms with Crippen molar-refractivity contribution in [3.05, 3.63) is 88.9 Å². The number of amides is 1. The summed E-state index contributed by atoms with van der Waals surface area (Å²) in [6.07, 6.45) is 2.15. The van der Waals surface area contributed by atoms with Crippen LogP contribution in [0, 0.1) is 12.7 Å². The Morgan fingerprint density at radius 3 is 2.72 bits per heavy atom. The molecule has 32 heavy (non-hydrogen) atoms. The van der Waals surface area contributed by atoms with Gasteiger partial charge in [-0.3, -0.25) is 4.79 Å². The fraction of sp³-hybridized carbons (Fsp3) is 0.130. The van der Waals surface area contributed by atoms with Crippen molar-refractivity contribution in [3.63, 3.8) is 0 Å². The van der Waals surface area contributed by atoms with Gasteiger partial charge < -0.3 is 5.32 Å². The predicted octanol–water partition coefficient (Wildman–Crippen LogP) is 4.06. The highest BCUT2D eigenvalue weighted by Gasteiger charge is 2.16. The normalized spacial score (nSPS) is 11.2. The lowest BCUT2D eigenvalue weighted by Gasteiger charge is -2.06. The van der Waals surface area contributed by atoms with E-state index < -0.39 is 0 Å². The number of benzene rings is 2. The van der Waals surface area contributed by atoms with Crippen molar-refractivity contribution >= 4 is 22.2 Å². The van der Waals surface area contributed by atoms with E-state index in [1.165, 1.54) is 17.4 Å². The van der Waals surface area contributed by atoms with Gasteiger partial charge in [-0.2, -0.15) is 10.1 Å². The van der Waals surface area contributed by atoms with E-state index >= 15 is 0 Å². The highest BCUT2D eigenvalue weighted by Crippen LogP contribution is 2.23. The molecule has 1 amide bonds. The van der Waals surface area contributed by atoms with Gasteiger partial charge in [-0.1, -0.05) is 30.3 Å². The maximum atomic E-state index is 14.1. The van der Waals surface area contributed by atoms with Crippen LogP contribution in [-0.4, -0.2) is 36.8 Å². The molecule has 5 aromatic rings. The molecule has 2 aromatic carbocycles. The van der Waals surface area contributed by atoms with Gasteiger partial charge in [0, 0.05) is 18.3 Å². The molecule has 0 saturated heterocycles. The lowest BCUT2D eigenvalue weighted by Crippen LogP contribution is -2.26. The van der Waals surface area contributed by atoms with Crippen LogP contribution in [-0.2, 0) is 6.42 Å². The number of carbonyl (C=O) groups is 1. The van der Waals surface area contributed by atoms with Gasteiger partial charge in [0.25, 0.3) is 5.91 Å². The van der Waals surface area contributed by atoms with Crippen LogP contribution in [0.3, 0.4) is 0 Å². The van der Waals surface area contributed by atoms with E-state index in [4.69, 9.17) is 0 Å². The van der Waals surface area contributed by atoms with Gasteiger partial charge >= 0.3 is 0 Å². The summed E-state index contributed by atoms with van der Waals surface area (Å²) in [6.45, 7) is 2.30. The molecule has 0 fully saturated rings. The molecular weight excluding hydrogens is 427 g/mol. The first-order chi connectivity index (χ1) is 15.6. The lowest BCUT2D eigenvalue weighted by molar-refractivity contribution is 0.0953. The summed E-state index contributed by atoms with van der Waals surface area (Å²) in [5, 5.41) is 13.7. The van der Waals surface area contributed by atoms with Gasteiger partial charge in [0.1, 0.15) is 5.82 Å². The molecule has 0 saturated carbocycles. The number of hydrogen-bond donors (Lipinski definition) is 1. The average Bonchev–Trinajstić information content (AvgIpc) is 3.50. The smallest absolute Gasteiger partial charge is 0.254 e. The van der Waals surface area contributed by atoms with Gasteiger partial charge in [-0.15, -0.1) is 16.4 Å². The van der Waals surface area contributed by atoms with E-state index in [1.807, 2.05) is 42.6 Å². The van der Waals surface area contributed by atoms with Crippen molar-refractivity contribution in [3.8, 4) is 17.1 Å². The third-order valence-electron chi connectivity index (χ3n) is 5.19. The molecule has 0 unspecified atom stereocenters. The number of para-hydroxylation sites is 1. The molecule has 0 radical (unpaired) electrons. The summed E-state index contributed by atoms with van der Waals surface area (Å²) in [6, 6.07) is 16.1. The second kappa shape index (κ2) is 8.35. The minimum atomic E-state index is -0.356. The van der Waals surface area contributed by atoms with Gasteiger partial charge in [-0.05, 0) is 31.2 Å². The Balaban J connectivity index is 1.27. The van der Waals surface area contributed by atoms with E-state index in [1.54, 1.807) is 33.6 Å². The van der Waals surface area contributed by atoms with Crippen molar-refractivity contribution in [2.24, 2.45) is 0 Å². The molecular formula is C23H19FN6OS. The largest absolute Gasteiger partial charge is 0.352 e. The molecule has 0 bridgehead atoms. The summed E-state index contributed by atoms with van der Waals surface area (Å²) in [7, 11) is 0. The van der Waals surface area contributed by atoms with Crippen LogP contribution in [0.1, 0.15) is 21.7 Å². The minimum absolute atomic E-state index is 0.179. The minimum Gasteiger partial charge on any atom is -0.352 e. The fourth-order valence-electron chi connectivity index (χ4n) is 3.51. The molecule has 3 aromatic heterocycles.